The van der Waals surface area contributed by atoms with E-state index in [-0.39, 0.29) is 6.42 Å². The minimum Gasteiger partial charge on any atom is -0.481 e. The monoisotopic (exact) mass is 285 g/mol. The van der Waals surface area contributed by atoms with Gasteiger partial charge < -0.3 is 5.11 Å². The van der Waals surface area contributed by atoms with Crippen LogP contribution in [-0.4, -0.2) is 38.8 Å². The predicted molar refractivity (Wildman–Crippen MR) is 73.2 cm³/mol. The Kier molecular flexibility index (Phi) is 4.47. The summed E-state index contributed by atoms with van der Waals surface area (Å²) in [5, 5.41) is 13.8. The Hall–Kier alpha value is -1.07. The molecule has 0 bridgehead atoms. The molecule has 1 aliphatic heterocycles. The summed E-state index contributed by atoms with van der Waals surface area (Å²) in [4.78, 5) is 12.9. The highest BCUT2D eigenvalue weighted by molar-refractivity contribution is 6.31. The molecule has 0 amide bonds. The summed E-state index contributed by atoms with van der Waals surface area (Å²) < 4.78 is 1.84. The van der Waals surface area contributed by atoms with E-state index in [0.717, 1.165) is 48.9 Å². The van der Waals surface area contributed by atoms with Gasteiger partial charge in [0.2, 0.25) is 0 Å². The maximum Gasteiger partial charge on any atom is 0.303 e. The molecule has 1 aliphatic rings. The van der Waals surface area contributed by atoms with Crippen molar-refractivity contribution < 1.29 is 9.90 Å². The average Bonchev–Trinajstić information content (AvgIpc) is 2.88. The molecule has 0 spiro atoms. The van der Waals surface area contributed by atoms with Crippen molar-refractivity contribution >= 4 is 17.6 Å². The number of rotatable bonds is 5. The molecule has 0 aliphatic carbocycles. The van der Waals surface area contributed by atoms with Gasteiger partial charge in [0.25, 0.3) is 0 Å². The lowest BCUT2D eigenvalue weighted by Crippen LogP contribution is -2.22. The van der Waals surface area contributed by atoms with E-state index in [1.807, 2.05) is 18.7 Å². The number of hydrogen-bond donors (Lipinski definition) is 1. The first-order valence-corrected chi connectivity index (χ1v) is 6.97. The first kappa shape index (κ1) is 14.3. The molecule has 1 atom stereocenters. The Bertz CT molecular complexity index is 473. The molecular formula is C13H20ClN3O2. The molecule has 0 aromatic carbocycles. The van der Waals surface area contributed by atoms with Gasteiger partial charge in [-0.05, 0) is 32.2 Å². The van der Waals surface area contributed by atoms with Gasteiger partial charge in [0, 0.05) is 26.6 Å². The molecule has 2 rings (SSSR count). The molecule has 0 saturated carbocycles. The highest BCUT2D eigenvalue weighted by Gasteiger charge is 2.24. The van der Waals surface area contributed by atoms with Crippen LogP contribution < -0.4 is 0 Å². The molecule has 5 nitrogen and oxygen atoms in total. The van der Waals surface area contributed by atoms with Crippen LogP contribution in [0.15, 0.2) is 0 Å². The van der Waals surface area contributed by atoms with Crippen LogP contribution in [0.4, 0.5) is 0 Å². The molecule has 1 aromatic heterocycles. The van der Waals surface area contributed by atoms with E-state index in [4.69, 9.17) is 16.7 Å². The van der Waals surface area contributed by atoms with Crippen LogP contribution in [-0.2, 0) is 18.4 Å². The van der Waals surface area contributed by atoms with Crippen molar-refractivity contribution in [2.75, 3.05) is 13.1 Å². The number of carbonyl (C=O) groups is 1. The summed E-state index contributed by atoms with van der Waals surface area (Å²) in [5.74, 6) is -0.215. The normalized spacial score (nSPS) is 20.1. The second-order valence-corrected chi connectivity index (χ2v) is 5.67. The Balaban J connectivity index is 1.89. The number of hydrogen-bond acceptors (Lipinski definition) is 3. The number of aliphatic carboxylic acids is 1. The van der Waals surface area contributed by atoms with Crippen molar-refractivity contribution in [1.29, 1.82) is 0 Å². The molecule has 1 saturated heterocycles. The van der Waals surface area contributed by atoms with Crippen LogP contribution >= 0.6 is 11.6 Å². The zero-order valence-electron chi connectivity index (χ0n) is 11.4. The smallest absolute Gasteiger partial charge is 0.303 e. The van der Waals surface area contributed by atoms with Crippen molar-refractivity contribution in [1.82, 2.24) is 14.7 Å². The van der Waals surface area contributed by atoms with Crippen LogP contribution in [0.3, 0.4) is 0 Å². The minimum atomic E-state index is -0.705. The van der Waals surface area contributed by atoms with Gasteiger partial charge in [-0.3, -0.25) is 14.4 Å². The fourth-order valence-corrected chi connectivity index (χ4v) is 2.90. The lowest BCUT2D eigenvalue weighted by Gasteiger charge is -2.16. The fraction of sp³-hybridized carbons (Fsp3) is 0.692. The van der Waals surface area contributed by atoms with Crippen LogP contribution in [0.2, 0.25) is 5.02 Å². The minimum absolute atomic E-state index is 0.268. The fourth-order valence-electron chi connectivity index (χ4n) is 2.68. The van der Waals surface area contributed by atoms with Crippen molar-refractivity contribution in [3.8, 4) is 0 Å². The van der Waals surface area contributed by atoms with Gasteiger partial charge in [-0.15, -0.1) is 0 Å². The van der Waals surface area contributed by atoms with Crippen molar-refractivity contribution in [3.63, 3.8) is 0 Å². The first-order valence-electron chi connectivity index (χ1n) is 6.59. The molecule has 1 aromatic rings. The van der Waals surface area contributed by atoms with E-state index in [1.165, 1.54) is 0 Å². The zero-order valence-corrected chi connectivity index (χ0v) is 12.2. The highest BCUT2D eigenvalue weighted by Crippen LogP contribution is 2.26. The molecule has 1 N–H and O–H groups in total. The maximum atomic E-state index is 10.6. The van der Waals surface area contributed by atoms with Crippen LogP contribution in [0, 0.1) is 12.8 Å². The van der Waals surface area contributed by atoms with E-state index in [0.29, 0.717) is 5.92 Å². The van der Waals surface area contributed by atoms with E-state index in [1.54, 1.807) is 0 Å². The summed E-state index contributed by atoms with van der Waals surface area (Å²) in [5.41, 5.74) is 1.90. The molecule has 2 heterocycles. The number of halogens is 1. The number of carboxylic acids is 1. The predicted octanol–water partition coefficient (Wildman–Crippen LogP) is 2.07. The van der Waals surface area contributed by atoms with Crippen molar-refractivity contribution in [3.05, 3.63) is 16.4 Å². The van der Waals surface area contributed by atoms with Gasteiger partial charge in [0.05, 0.1) is 16.4 Å². The Labute approximate surface area is 118 Å². The third kappa shape index (κ3) is 3.48. The second kappa shape index (κ2) is 5.92. The van der Waals surface area contributed by atoms with Gasteiger partial charge in [-0.2, -0.15) is 5.10 Å². The average molecular weight is 286 g/mol. The van der Waals surface area contributed by atoms with Crippen molar-refractivity contribution in [2.24, 2.45) is 13.0 Å². The molecule has 0 radical (unpaired) electrons. The van der Waals surface area contributed by atoms with E-state index < -0.39 is 5.97 Å². The largest absolute Gasteiger partial charge is 0.481 e. The summed E-state index contributed by atoms with van der Waals surface area (Å²) in [7, 11) is 1.91. The second-order valence-electron chi connectivity index (χ2n) is 5.29. The summed E-state index contributed by atoms with van der Waals surface area (Å²) in [6.45, 7) is 4.66. The topological polar surface area (TPSA) is 58.4 Å². The SMILES string of the molecule is Cc1nn(C)c(CN2CCC(CCC(=O)O)C2)c1Cl. The zero-order chi connectivity index (χ0) is 14.0. The van der Waals surface area contributed by atoms with Gasteiger partial charge in [0.1, 0.15) is 0 Å². The molecule has 106 valence electrons. The number of nitrogens with zero attached hydrogens (tertiary/aromatic N) is 3. The Morgan fingerprint density at radius 3 is 2.89 bits per heavy atom. The first-order chi connectivity index (χ1) is 8.97. The highest BCUT2D eigenvalue weighted by atomic mass is 35.5. The summed E-state index contributed by atoms with van der Waals surface area (Å²) in [6.07, 6.45) is 2.11. The van der Waals surface area contributed by atoms with E-state index in [9.17, 15) is 4.79 Å². The van der Waals surface area contributed by atoms with Crippen molar-refractivity contribution in [2.45, 2.75) is 32.7 Å². The maximum absolute atomic E-state index is 10.6. The molecule has 1 unspecified atom stereocenters. The number of aromatic nitrogens is 2. The molecule has 19 heavy (non-hydrogen) atoms. The molecular weight excluding hydrogens is 266 g/mol. The van der Waals surface area contributed by atoms with Crippen LogP contribution in [0.5, 0.6) is 0 Å². The van der Waals surface area contributed by atoms with E-state index in [2.05, 4.69) is 10.00 Å². The number of carboxylic acid groups (broad SMARTS) is 1. The molecule has 6 heteroatoms. The lowest BCUT2D eigenvalue weighted by molar-refractivity contribution is -0.137. The lowest BCUT2D eigenvalue weighted by atomic mass is 10.0. The van der Waals surface area contributed by atoms with Gasteiger partial charge in [-0.1, -0.05) is 11.6 Å². The Morgan fingerprint density at radius 2 is 2.32 bits per heavy atom. The van der Waals surface area contributed by atoms with Crippen LogP contribution in [0.25, 0.3) is 0 Å². The quantitative estimate of drug-likeness (QED) is 0.900. The number of aryl methyl sites for hydroxylation is 2. The standard InChI is InChI=1S/C13H20ClN3O2/c1-9-13(14)11(16(2)15-9)8-17-6-5-10(7-17)3-4-12(18)19/h10H,3-8H2,1-2H3,(H,18,19). The third-order valence-corrected chi connectivity index (χ3v) is 4.26. The summed E-state index contributed by atoms with van der Waals surface area (Å²) >= 11 is 6.24. The van der Waals surface area contributed by atoms with Gasteiger partial charge in [0.15, 0.2) is 0 Å². The Morgan fingerprint density at radius 1 is 1.58 bits per heavy atom. The molecule has 1 fully saturated rings. The number of likely N-dealkylation sites (tertiary alicyclic amines) is 1. The third-order valence-electron chi connectivity index (χ3n) is 3.77. The van der Waals surface area contributed by atoms with Gasteiger partial charge >= 0.3 is 5.97 Å². The van der Waals surface area contributed by atoms with Gasteiger partial charge in [-0.25, -0.2) is 0 Å². The summed E-state index contributed by atoms with van der Waals surface area (Å²) in [6, 6.07) is 0. The van der Waals surface area contributed by atoms with Crippen LogP contribution in [0.1, 0.15) is 30.7 Å². The van der Waals surface area contributed by atoms with E-state index >= 15 is 0 Å².